The first-order valence-electron chi connectivity index (χ1n) is 11.9. The molecule has 3 aromatic rings. The lowest BCUT2D eigenvalue weighted by Crippen LogP contribution is -2.29. The molecule has 1 atom stereocenters. The van der Waals surface area contributed by atoms with Gasteiger partial charge in [0, 0.05) is 16.5 Å². The van der Waals surface area contributed by atoms with E-state index in [0.29, 0.717) is 57.9 Å². The number of carbonyl (C=O) groups is 1. The van der Waals surface area contributed by atoms with Crippen molar-refractivity contribution in [2.24, 2.45) is 0 Å². The second-order valence-corrected chi connectivity index (χ2v) is 9.42. The largest absolute Gasteiger partial charge is 0.490 e. The van der Waals surface area contributed by atoms with Crippen LogP contribution in [-0.2, 0) is 15.3 Å². The second-order valence-electron chi connectivity index (χ2n) is 8.07. The normalized spacial score (nSPS) is 14.5. The fourth-order valence-electron chi connectivity index (χ4n) is 3.97. The van der Waals surface area contributed by atoms with E-state index >= 15 is 0 Å². The Bertz CT molecular complexity index is 1320. The summed E-state index contributed by atoms with van der Waals surface area (Å²) in [4.78, 5) is 17.9. The van der Waals surface area contributed by atoms with E-state index in [1.165, 1.54) is 17.8 Å². The molecule has 8 nitrogen and oxygen atoms in total. The summed E-state index contributed by atoms with van der Waals surface area (Å²) >= 11 is 7.79. The minimum atomic E-state index is -0.592. The molecule has 0 radical (unpaired) electrons. The number of hydrogen-bond acceptors (Lipinski definition) is 8. The Morgan fingerprint density at radius 1 is 1.19 bits per heavy atom. The standard InChI is InChI=1S/C27H29ClN4O4S/c1-5-14-36-25(33)23-17(4)29-26-30-27(37-16-19-10-8-9-11-20(19)28)31-32(26)24(23)18-12-13-21(34-6-2)22(15-18)35-7-3/h5,8-13,15,24H,1,6-7,14,16H2,2-4H3,(H,29,30,31). The summed E-state index contributed by atoms with van der Waals surface area (Å²) in [5.41, 5.74) is 2.83. The van der Waals surface area contributed by atoms with Crippen molar-refractivity contribution in [2.75, 3.05) is 25.1 Å². The van der Waals surface area contributed by atoms with Gasteiger partial charge in [-0.25, -0.2) is 9.48 Å². The van der Waals surface area contributed by atoms with Crippen LogP contribution in [0.15, 0.2) is 71.5 Å². The Kier molecular flexibility index (Phi) is 8.78. The highest BCUT2D eigenvalue weighted by Crippen LogP contribution is 2.40. The Morgan fingerprint density at radius 2 is 1.95 bits per heavy atom. The molecule has 0 saturated carbocycles. The highest BCUT2D eigenvalue weighted by molar-refractivity contribution is 7.98. The maximum atomic E-state index is 13.2. The van der Waals surface area contributed by atoms with Crippen LogP contribution in [0.5, 0.6) is 11.5 Å². The van der Waals surface area contributed by atoms with Crippen molar-refractivity contribution in [1.82, 2.24) is 14.8 Å². The molecule has 37 heavy (non-hydrogen) atoms. The van der Waals surface area contributed by atoms with E-state index < -0.39 is 12.0 Å². The molecule has 2 aromatic carbocycles. The number of ether oxygens (including phenoxy) is 3. The van der Waals surface area contributed by atoms with Gasteiger partial charge in [0.25, 0.3) is 0 Å². The van der Waals surface area contributed by atoms with Gasteiger partial charge in [0.2, 0.25) is 11.1 Å². The van der Waals surface area contributed by atoms with Crippen LogP contribution in [0.3, 0.4) is 0 Å². The van der Waals surface area contributed by atoms with Crippen LogP contribution in [-0.4, -0.2) is 40.6 Å². The van der Waals surface area contributed by atoms with Gasteiger partial charge in [-0.3, -0.25) is 0 Å². The number of anilines is 1. The smallest absolute Gasteiger partial charge is 0.338 e. The number of nitrogens with zero attached hydrogens (tertiary/aromatic N) is 3. The molecule has 1 unspecified atom stereocenters. The number of aromatic nitrogens is 3. The van der Waals surface area contributed by atoms with Crippen LogP contribution in [0.25, 0.3) is 0 Å². The zero-order valence-corrected chi connectivity index (χ0v) is 22.6. The third-order valence-corrected chi connectivity index (χ3v) is 6.84. The third kappa shape index (κ3) is 5.94. The molecule has 10 heteroatoms. The summed E-state index contributed by atoms with van der Waals surface area (Å²) in [6.07, 6.45) is 1.54. The van der Waals surface area contributed by atoms with Gasteiger partial charge in [-0.15, -0.1) is 5.10 Å². The number of fused-ring (bicyclic) bond motifs is 1. The van der Waals surface area contributed by atoms with E-state index in [1.54, 1.807) is 4.68 Å². The Morgan fingerprint density at radius 3 is 2.68 bits per heavy atom. The van der Waals surface area contributed by atoms with Gasteiger partial charge in [0.05, 0.1) is 18.8 Å². The lowest BCUT2D eigenvalue weighted by Gasteiger charge is -2.28. The van der Waals surface area contributed by atoms with Crippen molar-refractivity contribution >= 4 is 35.3 Å². The first kappa shape index (κ1) is 26.6. The highest BCUT2D eigenvalue weighted by Gasteiger charge is 2.35. The Labute approximate surface area is 225 Å². The third-order valence-electron chi connectivity index (χ3n) is 5.58. The number of benzene rings is 2. The first-order valence-corrected chi connectivity index (χ1v) is 13.3. The molecule has 0 saturated heterocycles. The van der Waals surface area contributed by atoms with Crippen LogP contribution in [0.4, 0.5) is 5.95 Å². The highest BCUT2D eigenvalue weighted by atomic mass is 35.5. The number of nitrogens with one attached hydrogen (secondary N) is 1. The predicted octanol–water partition coefficient (Wildman–Crippen LogP) is 6.04. The van der Waals surface area contributed by atoms with Crippen molar-refractivity contribution in [3.8, 4) is 11.5 Å². The van der Waals surface area contributed by atoms with Crippen molar-refractivity contribution < 1.29 is 19.0 Å². The number of allylic oxidation sites excluding steroid dienone is 1. The van der Waals surface area contributed by atoms with E-state index in [0.717, 1.165) is 11.1 Å². The molecule has 194 valence electrons. The average Bonchev–Trinajstić information content (AvgIpc) is 3.29. The molecule has 4 rings (SSSR count). The monoisotopic (exact) mass is 540 g/mol. The van der Waals surface area contributed by atoms with Gasteiger partial charge >= 0.3 is 5.97 Å². The van der Waals surface area contributed by atoms with Gasteiger partial charge in [0.15, 0.2) is 11.5 Å². The summed E-state index contributed by atoms with van der Waals surface area (Å²) in [7, 11) is 0. The number of rotatable bonds is 11. The van der Waals surface area contributed by atoms with Crippen molar-refractivity contribution in [3.05, 3.63) is 82.5 Å². The number of halogens is 1. The Hall–Kier alpha value is -3.43. The molecule has 0 bridgehead atoms. The summed E-state index contributed by atoms with van der Waals surface area (Å²) < 4.78 is 18.7. The quantitative estimate of drug-likeness (QED) is 0.179. The number of hydrogen-bond donors (Lipinski definition) is 1. The van der Waals surface area contributed by atoms with Crippen molar-refractivity contribution in [3.63, 3.8) is 0 Å². The Balaban J connectivity index is 1.74. The number of carbonyl (C=O) groups excluding carboxylic acids is 1. The fourth-order valence-corrected chi connectivity index (χ4v) is 5.09. The number of esters is 1. The summed E-state index contributed by atoms with van der Waals surface area (Å²) in [6.45, 7) is 10.4. The van der Waals surface area contributed by atoms with Crippen LogP contribution in [0, 0.1) is 0 Å². The molecular weight excluding hydrogens is 512 g/mol. The van der Waals surface area contributed by atoms with Gasteiger partial charge in [0.1, 0.15) is 12.6 Å². The van der Waals surface area contributed by atoms with Crippen LogP contribution in [0.2, 0.25) is 5.02 Å². The van der Waals surface area contributed by atoms with Gasteiger partial charge < -0.3 is 19.5 Å². The number of thioether (sulfide) groups is 1. The molecule has 1 aliphatic heterocycles. The molecule has 1 aromatic heterocycles. The van der Waals surface area contributed by atoms with Crippen molar-refractivity contribution in [1.29, 1.82) is 0 Å². The minimum Gasteiger partial charge on any atom is -0.490 e. The first-order chi connectivity index (χ1) is 18.0. The zero-order chi connectivity index (χ0) is 26.4. The lowest BCUT2D eigenvalue weighted by atomic mass is 9.95. The van der Waals surface area contributed by atoms with E-state index in [9.17, 15) is 4.79 Å². The molecule has 0 aliphatic carbocycles. The minimum absolute atomic E-state index is 0.0962. The molecular formula is C27H29ClN4O4S. The van der Waals surface area contributed by atoms with E-state index in [1.807, 2.05) is 63.2 Å². The van der Waals surface area contributed by atoms with Gasteiger partial charge in [-0.1, -0.05) is 60.3 Å². The summed E-state index contributed by atoms with van der Waals surface area (Å²) in [5.74, 6) is 1.89. The lowest BCUT2D eigenvalue weighted by molar-refractivity contribution is -0.138. The average molecular weight is 541 g/mol. The molecule has 1 N–H and O–H groups in total. The summed E-state index contributed by atoms with van der Waals surface area (Å²) in [5, 5.41) is 9.22. The van der Waals surface area contributed by atoms with Crippen LogP contribution in [0.1, 0.15) is 37.9 Å². The van der Waals surface area contributed by atoms with E-state index in [4.69, 9.17) is 30.9 Å². The van der Waals surface area contributed by atoms with Gasteiger partial charge in [-0.05, 0) is 50.1 Å². The zero-order valence-electron chi connectivity index (χ0n) is 21.0. The van der Waals surface area contributed by atoms with Gasteiger partial charge in [-0.2, -0.15) is 4.98 Å². The molecule has 0 fully saturated rings. The molecule has 0 spiro atoms. The second kappa shape index (κ2) is 12.2. The van der Waals surface area contributed by atoms with E-state index in [2.05, 4.69) is 16.9 Å². The SMILES string of the molecule is C=CCOC(=O)C1=C(C)Nc2nc(SCc3ccccc3Cl)nn2C1c1ccc(OCC)c(OCC)c1. The van der Waals surface area contributed by atoms with Crippen LogP contribution >= 0.6 is 23.4 Å². The van der Waals surface area contributed by atoms with Crippen LogP contribution < -0.4 is 14.8 Å². The predicted molar refractivity (Wildman–Crippen MR) is 145 cm³/mol. The molecule has 1 aliphatic rings. The van der Waals surface area contributed by atoms with E-state index in [-0.39, 0.29) is 6.61 Å². The van der Waals surface area contributed by atoms with Crippen molar-refractivity contribution in [2.45, 2.75) is 37.7 Å². The fraction of sp³-hybridized carbons (Fsp3) is 0.296. The summed E-state index contributed by atoms with van der Waals surface area (Å²) in [6, 6.07) is 12.7. The molecule has 0 amide bonds. The topological polar surface area (TPSA) is 87.5 Å². The molecule has 2 heterocycles. The maximum absolute atomic E-state index is 13.2. The maximum Gasteiger partial charge on any atom is 0.338 e.